The van der Waals surface area contributed by atoms with Crippen molar-refractivity contribution < 1.29 is 4.79 Å². The summed E-state index contributed by atoms with van der Waals surface area (Å²) in [7, 11) is 0. The Kier molecular flexibility index (Phi) is 6.79. The number of hydrogen-bond acceptors (Lipinski definition) is 3. The first-order chi connectivity index (χ1) is 11.6. The van der Waals surface area contributed by atoms with Crippen molar-refractivity contribution in [2.75, 3.05) is 11.9 Å². The number of hydrogen-bond donors (Lipinski definition) is 2. The number of nitrogens with one attached hydrogen (secondary N) is 2. The van der Waals surface area contributed by atoms with E-state index in [1.165, 1.54) is 5.56 Å². The first kappa shape index (κ1) is 18.0. The summed E-state index contributed by atoms with van der Waals surface area (Å²) >= 11 is 0. The van der Waals surface area contributed by atoms with Gasteiger partial charge in [0.05, 0.1) is 0 Å². The van der Waals surface area contributed by atoms with Crippen LogP contribution < -0.4 is 10.6 Å². The Labute approximate surface area is 144 Å². The summed E-state index contributed by atoms with van der Waals surface area (Å²) in [6.07, 6.45) is 4.94. The van der Waals surface area contributed by atoms with Crippen LogP contribution in [0.15, 0.2) is 42.6 Å². The van der Waals surface area contributed by atoms with Crippen molar-refractivity contribution in [3.05, 3.63) is 53.9 Å². The van der Waals surface area contributed by atoms with E-state index >= 15 is 0 Å². The third-order valence-electron chi connectivity index (χ3n) is 3.92. The summed E-state index contributed by atoms with van der Waals surface area (Å²) in [5.74, 6) is 0.309. The maximum atomic E-state index is 12.2. The summed E-state index contributed by atoms with van der Waals surface area (Å²) in [4.78, 5) is 16.4. The third-order valence-corrected chi connectivity index (χ3v) is 3.92. The number of unbranched alkanes of at least 4 members (excludes halogenated alkanes) is 2. The molecule has 128 valence electrons. The van der Waals surface area contributed by atoms with E-state index in [-0.39, 0.29) is 5.91 Å². The number of anilines is 2. The molecule has 2 aromatic rings. The molecule has 1 amide bonds. The molecule has 24 heavy (non-hydrogen) atoms. The number of pyridine rings is 1. The number of carbonyl (C=O) groups is 1. The van der Waals surface area contributed by atoms with Crippen LogP contribution in [0.1, 0.15) is 62.0 Å². The first-order valence-corrected chi connectivity index (χ1v) is 8.72. The summed E-state index contributed by atoms with van der Waals surface area (Å²) < 4.78 is 0. The number of aromatic nitrogens is 1. The number of amides is 1. The maximum Gasteiger partial charge on any atom is 0.269 e. The maximum absolute atomic E-state index is 12.2. The van der Waals surface area contributed by atoms with E-state index in [9.17, 15) is 4.79 Å². The fourth-order valence-electron chi connectivity index (χ4n) is 2.57. The minimum absolute atomic E-state index is 0.119. The zero-order valence-electron chi connectivity index (χ0n) is 14.8. The van der Waals surface area contributed by atoms with Gasteiger partial charge in [0.25, 0.3) is 5.91 Å². The van der Waals surface area contributed by atoms with Gasteiger partial charge in [0.2, 0.25) is 0 Å². The van der Waals surface area contributed by atoms with E-state index in [4.69, 9.17) is 0 Å². The van der Waals surface area contributed by atoms with Gasteiger partial charge in [-0.2, -0.15) is 0 Å². The zero-order chi connectivity index (χ0) is 17.4. The fraction of sp³-hybridized carbons (Fsp3) is 0.400. The Morgan fingerprint density at radius 1 is 1.17 bits per heavy atom. The quantitative estimate of drug-likeness (QED) is 0.681. The fourth-order valence-corrected chi connectivity index (χ4v) is 2.57. The molecule has 0 atom stereocenters. The molecule has 4 heteroatoms. The normalized spacial score (nSPS) is 10.7. The number of para-hydroxylation sites is 1. The summed E-state index contributed by atoms with van der Waals surface area (Å²) in [5, 5.41) is 6.33. The average molecular weight is 325 g/mol. The summed E-state index contributed by atoms with van der Waals surface area (Å²) in [5.41, 5.74) is 3.63. The van der Waals surface area contributed by atoms with Gasteiger partial charge in [-0.3, -0.25) is 9.78 Å². The van der Waals surface area contributed by atoms with Crippen LogP contribution in [-0.2, 0) is 0 Å². The van der Waals surface area contributed by atoms with Crippen LogP contribution in [0.4, 0.5) is 11.4 Å². The minimum atomic E-state index is -0.119. The number of rotatable bonds is 8. The van der Waals surface area contributed by atoms with Gasteiger partial charge in [0.1, 0.15) is 5.69 Å². The number of carbonyl (C=O) groups excluding carboxylic acids is 1. The summed E-state index contributed by atoms with van der Waals surface area (Å²) in [6, 6.07) is 11.9. The lowest BCUT2D eigenvalue weighted by atomic mass is 10.0. The third kappa shape index (κ3) is 5.08. The second kappa shape index (κ2) is 9.06. The van der Waals surface area contributed by atoms with E-state index in [1.54, 1.807) is 12.3 Å². The molecule has 0 bridgehead atoms. The molecule has 1 aromatic heterocycles. The van der Waals surface area contributed by atoms with Crippen molar-refractivity contribution in [2.24, 2.45) is 0 Å². The van der Waals surface area contributed by atoms with Crippen LogP contribution in [-0.4, -0.2) is 17.4 Å². The molecule has 0 saturated carbocycles. The van der Waals surface area contributed by atoms with Crippen LogP contribution in [0.3, 0.4) is 0 Å². The van der Waals surface area contributed by atoms with Crippen molar-refractivity contribution in [1.29, 1.82) is 0 Å². The molecule has 2 N–H and O–H groups in total. The molecule has 1 aromatic carbocycles. The highest BCUT2D eigenvalue weighted by Crippen LogP contribution is 2.26. The van der Waals surface area contributed by atoms with E-state index in [1.807, 2.05) is 18.2 Å². The van der Waals surface area contributed by atoms with Crippen molar-refractivity contribution in [2.45, 2.75) is 46.0 Å². The van der Waals surface area contributed by atoms with Crippen molar-refractivity contribution >= 4 is 17.3 Å². The standard InChI is InChI=1S/C20H27N3O/c1-4-5-8-12-22-20(24)19-14-16(11-13-21-19)23-18-10-7-6-9-17(18)15(2)3/h6-7,9-11,13-15H,4-5,8,12H2,1-3H3,(H,21,23)(H,22,24). The van der Waals surface area contributed by atoms with Crippen molar-refractivity contribution in [1.82, 2.24) is 10.3 Å². The van der Waals surface area contributed by atoms with Gasteiger partial charge >= 0.3 is 0 Å². The molecular weight excluding hydrogens is 298 g/mol. The molecule has 0 aliphatic heterocycles. The molecule has 0 aliphatic rings. The highest BCUT2D eigenvalue weighted by atomic mass is 16.1. The highest BCUT2D eigenvalue weighted by molar-refractivity contribution is 5.93. The molecule has 0 radical (unpaired) electrons. The van der Waals surface area contributed by atoms with Gasteiger partial charge in [-0.25, -0.2) is 0 Å². The average Bonchev–Trinajstić information content (AvgIpc) is 2.59. The Hall–Kier alpha value is -2.36. The van der Waals surface area contributed by atoms with Gasteiger partial charge in [-0.05, 0) is 36.1 Å². The molecule has 1 heterocycles. The van der Waals surface area contributed by atoms with Crippen LogP contribution in [0.2, 0.25) is 0 Å². The topological polar surface area (TPSA) is 54.0 Å². The molecule has 0 unspecified atom stereocenters. The zero-order valence-corrected chi connectivity index (χ0v) is 14.8. The van der Waals surface area contributed by atoms with E-state index in [2.05, 4.69) is 48.5 Å². The lowest BCUT2D eigenvalue weighted by Crippen LogP contribution is -2.25. The summed E-state index contributed by atoms with van der Waals surface area (Å²) in [6.45, 7) is 7.18. The Bertz CT molecular complexity index is 667. The minimum Gasteiger partial charge on any atom is -0.355 e. The molecule has 0 spiro atoms. The van der Waals surface area contributed by atoms with E-state index < -0.39 is 0 Å². The molecule has 0 fully saturated rings. The second-order valence-corrected chi connectivity index (χ2v) is 6.26. The molecule has 0 saturated heterocycles. The molecule has 4 nitrogen and oxygen atoms in total. The van der Waals surface area contributed by atoms with Crippen LogP contribution >= 0.6 is 0 Å². The van der Waals surface area contributed by atoms with E-state index in [0.29, 0.717) is 18.2 Å². The van der Waals surface area contributed by atoms with Gasteiger partial charge < -0.3 is 10.6 Å². The smallest absolute Gasteiger partial charge is 0.269 e. The molecular formula is C20H27N3O. The van der Waals surface area contributed by atoms with E-state index in [0.717, 1.165) is 30.6 Å². The Morgan fingerprint density at radius 3 is 2.71 bits per heavy atom. The molecule has 2 rings (SSSR count). The highest BCUT2D eigenvalue weighted by Gasteiger charge is 2.09. The largest absolute Gasteiger partial charge is 0.355 e. The monoisotopic (exact) mass is 325 g/mol. The van der Waals surface area contributed by atoms with Gasteiger partial charge in [-0.15, -0.1) is 0 Å². The lowest BCUT2D eigenvalue weighted by Gasteiger charge is -2.15. The number of nitrogens with zero attached hydrogens (tertiary/aromatic N) is 1. The van der Waals surface area contributed by atoms with Gasteiger partial charge in [0, 0.05) is 24.1 Å². The Morgan fingerprint density at radius 2 is 1.96 bits per heavy atom. The van der Waals surface area contributed by atoms with Crippen LogP contribution in [0.5, 0.6) is 0 Å². The Balaban J connectivity index is 2.07. The second-order valence-electron chi connectivity index (χ2n) is 6.26. The van der Waals surface area contributed by atoms with Gasteiger partial charge in [0.15, 0.2) is 0 Å². The predicted octanol–water partition coefficient (Wildman–Crippen LogP) is 4.87. The lowest BCUT2D eigenvalue weighted by molar-refractivity contribution is 0.0948. The SMILES string of the molecule is CCCCCNC(=O)c1cc(Nc2ccccc2C(C)C)ccn1. The molecule has 0 aliphatic carbocycles. The van der Waals surface area contributed by atoms with Crippen molar-refractivity contribution in [3.63, 3.8) is 0 Å². The predicted molar refractivity (Wildman–Crippen MR) is 99.9 cm³/mol. The number of benzene rings is 1. The first-order valence-electron chi connectivity index (χ1n) is 8.72. The van der Waals surface area contributed by atoms with Crippen molar-refractivity contribution in [3.8, 4) is 0 Å². The van der Waals surface area contributed by atoms with Crippen LogP contribution in [0, 0.1) is 0 Å². The van der Waals surface area contributed by atoms with Crippen LogP contribution in [0.25, 0.3) is 0 Å². The van der Waals surface area contributed by atoms with Gasteiger partial charge in [-0.1, -0.05) is 51.8 Å².